The number of hydrogen-bond acceptors (Lipinski definition) is 6. The van der Waals surface area contributed by atoms with Crippen molar-refractivity contribution in [1.29, 1.82) is 0 Å². The van der Waals surface area contributed by atoms with Crippen molar-refractivity contribution in [3.05, 3.63) is 24.7 Å². The Morgan fingerprint density at radius 2 is 1.91 bits per heavy atom. The summed E-state index contributed by atoms with van der Waals surface area (Å²) in [6, 6.07) is 4.58. The summed E-state index contributed by atoms with van der Waals surface area (Å²) < 4.78 is 0. The van der Waals surface area contributed by atoms with E-state index in [0.717, 1.165) is 62.3 Å². The van der Waals surface area contributed by atoms with Gasteiger partial charge in [-0.1, -0.05) is 0 Å². The van der Waals surface area contributed by atoms with Gasteiger partial charge in [-0.3, -0.25) is 4.90 Å². The van der Waals surface area contributed by atoms with Crippen LogP contribution in [0.1, 0.15) is 19.3 Å². The molecule has 2 aromatic rings. The molecule has 1 atom stereocenters. The molecule has 0 aromatic carbocycles. The first-order valence-corrected chi connectivity index (χ1v) is 8.04. The van der Waals surface area contributed by atoms with E-state index in [1.807, 2.05) is 12.1 Å². The van der Waals surface area contributed by atoms with Gasteiger partial charge in [-0.15, -0.1) is 0 Å². The van der Waals surface area contributed by atoms with Crippen molar-refractivity contribution < 1.29 is 5.11 Å². The highest BCUT2D eigenvalue weighted by Gasteiger charge is 2.30. The third kappa shape index (κ3) is 2.53. The molecule has 1 N–H and O–H groups in total. The van der Waals surface area contributed by atoms with Crippen LogP contribution in [0.3, 0.4) is 0 Å². The lowest BCUT2D eigenvalue weighted by molar-refractivity contribution is 0.148. The van der Waals surface area contributed by atoms with E-state index in [9.17, 15) is 5.11 Å². The SMILES string of the molecule is OC1CCN(C2CCN(c3ncnc4ncccc34)CC2)C1. The van der Waals surface area contributed by atoms with Crippen LogP contribution < -0.4 is 4.90 Å². The standard InChI is InChI=1S/C16H21N5O/c22-13-5-9-21(10-13)12-3-7-20(8-4-12)16-14-2-1-6-17-15(14)18-11-19-16/h1-2,6,11-13,22H,3-5,7-10H2. The van der Waals surface area contributed by atoms with Crippen molar-refractivity contribution in [2.24, 2.45) is 0 Å². The minimum absolute atomic E-state index is 0.130. The van der Waals surface area contributed by atoms with Gasteiger partial charge in [0, 0.05) is 38.4 Å². The van der Waals surface area contributed by atoms with Gasteiger partial charge < -0.3 is 10.0 Å². The van der Waals surface area contributed by atoms with Crippen LogP contribution in [0.15, 0.2) is 24.7 Å². The number of aliphatic hydroxyl groups is 1. The summed E-state index contributed by atoms with van der Waals surface area (Å²) in [5.41, 5.74) is 0.761. The molecule has 2 fully saturated rings. The summed E-state index contributed by atoms with van der Waals surface area (Å²) in [6.45, 7) is 3.87. The van der Waals surface area contributed by atoms with E-state index in [0.29, 0.717) is 6.04 Å². The van der Waals surface area contributed by atoms with Crippen molar-refractivity contribution in [1.82, 2.24) is 19.9 Å². The molecular weight excluding hydrogens is 278 g/mol. The lowest BCUT2D eigenvalue weighted by atomic mass is 10.0. The van der Waals surface area contributed by atoms with Crippen LogP contribution in [-0.2, 0) is 0 Å². The lowest BCUT2D eigenvalue weighted by Gasteiger charge is -2.37. The Hall–Kier alpha value is -1.79. The maximum absolute atomic E-state index is 9.70. The summed E-state index contributed by atoms with van der Waals surface area (Å²) in [7, 11) is 0. The molecule has 116 valence electrons. The van der Waals surface area contributed by atoms with Gasteiger partial charge in [-0.2, -0.15) is 0 Å². The first-order chi connectivity index (χ1) is 10.8. The third-order valence-electron chi connectivity index (χ3n) is 4.86. The van der Waals surface area contributed by atoms with Crippen molar-refractivity contribution in [3.8, 4) is 0 Å². The Bertz CT molecular complexity index is 651. The smallest absolute Gasteiger partial charge is 0.164 e. The predicted molar refractivity (Wildman–Crippen MR) is 84.8 cm³/mol. The van der Waals surface area contributed by atoms with Crippen LogP contribution in [0.25, 0.3) is 11.0 Å². The average molecular weight is 299 g/mol. The first kappa shape index (κ1) is 13.8. The number of fused-ring (bicyclic) bond motifs is 1. The number of hydrogen-bond donors (Lipinski definition) is 1. The van der Waals surface area contributed by atoms with Gasteiger partial charge in [0.05, 0.1) is 11.5 Å². The van der Waals surface area contributed by atoms with Crippen LogP contribution >= 0.6 is 0 Å². The van der Waals surface area contributed by atoms with E-state index in [1.165, 1.54) is 0 Å². The number of pyridine rings is 1. The first-order valence-electron chi connectivity index (χ1n) is 8.04. The number of rotatable bonds is 2. The minimum Gasteiger partial charge on any atom is -0.392 e. The van der Waals surface area contributed by atoms with Gasteiger partial charge >= 0.3 is 0 Å². The fraction of sp³-hybridized carbons (Fsp3) is 0.562. The number of aliphatic hydroxyl groups excluding tert-OH is 1. The number of piperidine rings is 1. The minimum atomic E-state index is -0.130. The monoisotopic (exact) mass is 299 g/mol. The molecular formula is C16H21N5O. The molecule has 2 aliphatic rings. The Kier molecular flexibility index (Phi) is 3.63. The van der Waals surface area contributed by atoms with Gasteiger partial charge in [0.2, 0.25) is 0 Å². The molecule has 6 nitrogen and oxygen atoms in total. The van der Waals surface area contributed by atoms with Gasteiger partial charge in [-0.25, -0.2) is 15.0 Å². The van der Waals surface area contributed by atoms with Crippen molar-refractivity contribution in [2.45, 2.75) is 31.4 Å². The molecule has 0 aliphatic carbocycles. The zero-order chi connectivity index (χ0) is 14.9. The van der Waals surface area contributed by atoms with Crippen LogP contribution in [-0.4, -0.2) is 63.3 Å². The highest BCUT2D eigenvalue weighted by molar-refractivity contribution is 5.86. The summed E-state index contributed by atoms with van der Waals surface area (Å²) in [5.74, 6) is 0.998. The van der Waals surface area contributed by atoms with E-state index in [4.69, 9.17) is 0 Å². The van der Waals surface area contributed by atoms with Crippen LogP contribution in [0, 0.1) is 0 Å². The second kappa shape index (κ2) is 5.78. The second-order valence-corrected chi connectivity index (χ2v) is 6.23. The highest BCUT2D eigenvalue weighted by Crippen LogP contribution is 2.27. The largest absolute Gasteiger partial charge is 0.392 e. The number of nitrogens with zero attached hydrogens (tertiary/aromatic N) is 5. The molecule has 2 aliphatic heterocycles. The number of anilines is 1. The summed E-state index contributed by atoms with van der Waals surface area (Å²) in [6.07, 6.45) is 6.41. The molecule has 0 saturated carbocycles. The Morgan fingerprint density at radius 1 is 1.05 bits per heavy atom. The molecule has 22 heavy (non-hydrogen) atoms. The maximum Gasteiger partial charge on any atom is 0.164 e. The van der Waals surface area contributed by atoms with Crippen LogP contribution in [0.2, 0.25) is 0 Å². The fourth-order valence-electron chi connectivity index (χ4n) is 3.68. The predicted octanol–water partition coefficient (Wildman–Crippen LogP) is 1.06. The molecule has 4 rings (SSSR count). The van der Waals surface area contributed by atoms with E-state index in [1.54, 1.807) is 12.5 Å². The molecule has 0 amide bonds. The second-order valence-electron chi connectivity index (χ2n) is 6.23. The van der Waals surface area contributed by atoms with E-state index in [-0.39, 0.29) is 6.10 Å². The summed E-state index contributed by atoms with van der Waals surface area (Å²) in [5, 5.41) is 10.7. The van der Waals surface area contributed by atoms with Crippen LogP contribution in [0.5, 0.6) is 0 Å². The van der Waals surface area contributed by atoms with Crippen LogP contribution in [0.4, 0.5) is 5.82 Å². The van der Waals surface area contributed by atoms with Crippen molar-refractivity contribution in [3.63, 3.8) is 0 Å². The Morgan fingerprint density at radius 3 is 2.68 bits per heavy atom. The van der Waals surface area contributed by atoms with Gasteiger partial charge in [0.15, 0.2) is 5.65 Å². The molecule has 1 unspecified atom stereocenters. The highest BCUT2D eigenvalue weighted by atomic mass is 16.3. The lowest BCUT2D eigenvalue weighted by Crippen LogP contribution is -2.44. The number of likely N-dealkylation sites (tertiary alicyclic amines) is 1. The maximum atomic E-state index is 9.70. The van der Waals surface area contributed by atoms with Crippen molar-refractivity contribution in [2.75, 3.05) is 31.1 Å². The fourth-order valence-corrected chi connectivity index (χ4v) is 3.68. The van der Waals surface area contributed by atoms with Gasteiger partial charge in [0.25, 0.3) is 0 Å². The van der Waals surface area contributed by atoms with Gasteiger partial charge in [-0.05, 0) is 31.4 Å². The average Bonchev–Trinajstić information content (AvgIpc) is 3.01. The Labute approximate surface area is 129 Å². The number of β-amino-alcohol motifs (C(OH)–C–C–N with tert-alkyl or cyclic N) is 1. The summed E-state index contributed by atoms with van der Waals surface area (Å²) >= 11 is 0. The Balaban J connectivity index is 1.49. The van der Waals surface area contributed by atoms with Crippen molar-refractivity contribution >= 4 is 16.9 Å². The van der Waals surface area contributed by atoms with E-state index >= 15 is 0 Å². The molecule has 0 radical (unpaired) electrons. The molecule has 2 aromatic heterocycles. The number of aromatic nitrogens is 3. The normalized spacial score (nSPS) is 24.2. The van der Waals surface area contributed by atoms with E-state index < -0.39 is 0 Å². The summed E-state index contributed by atoms with van der Waals surface area (Å²) in [4.78, 5) is 17.8. The van der Waals surface area contributed by atoms with E-state index in [2.05, 4.69) is 24.8 Å². The molecule has 2 saturated heterocycles. The molecule has 0 spiro atoms. The topological polar surface area (TPSA) is 65.4 Å². The molecule has 6 heteroatoms. The van der Waals surface area contributed by atoms with Gasteiger partial charge in [0.1, 0.15) is 12.1 Å². The third-order valence-corrected chi connectivity index (χ3v) is 4.86. The molecule has 4 heterocycles. The quantitative estimate of drug-likeness (QED) is 0.894. The zero-order valence-corrected chi connectivity index (χ0v) is 12.6. The zero-order valence-electron chi connectivity index (χ0n) is 12.6. The molecule has 0 bridgehead atoms.